The number of hydrogen-bond acceptors (Lipinski definition) is 3. The number of hydrogen-bond donors (Lipinski definition) is 0. The van der Waals surface area contributed by atoms with Crippen LogP contribution in [0.4, 0.5) is 0 Å². The van der Waals surface area contributed by atoms with Crippen molar-refractivity contribution >= 4 is 0 Å². The summed E-state index contributed by atoms with van der Waals surface area (Å²) in [5, 5.41) is 0. The summed E-state index contributed by atoms with van der Waals surface area (Å²) in [6.45, 7) is 0. The van der Waals surface area contributed by atoms with Crippen molar-refractivity contribution in [3.05, 3.63) is 164 Å². The number of rotatable bonds is 6. The quantitative estimate of drug-likeness (QED) is 0.212. The van der Waals surface area contributed by atoms with Crippen LogP contribution in [0, 0.1) is 0 Å². The van der Waals surface area contributed by atoms with E-state index in [9.17, 15) is 0 Å². The molecular formula is C39H27N3. The number of pyridine rings is 3. The molecule has 0 saturated heterocycles. The first-order valence-corrected chi connectivity index (χ1v) is 14.0. The molecule has 0 fully saturated rings. The zero-order chi connectivity index (χ0) is 28.1. The number of aromatic nitrogens is 3. The monoisotopic (exact) mass is 537 g/mol. The fourth-order valence-electron chi connectivity index (χ4n) is 5.34. The van der Waals surface area contributed by atoms with Gasteiger partial charge in [0.1, 0.15) is 0 Å². The summed E-state index contributed by atoms with van der Waals surface area (Å²) in [4.78, 5) is 13.2. The van der Waals surface area contributed by atoms with Crippen LogP contribution in [0.25, 0.3) is 66.9 Å². The molecule has 0 aliphatic heterocycles. The van der Waals surface area contributed by atoms with Crippen molar-refractivity contribution in [2.45, 2.75) is 0 Å². The first-order chi connectivity index (χ1) is 20.8. The molecule has 0 N–H and O–H groups in total. The average molecular weight is 538 g/mol. The largest absolute Gasteiger partial charge is 0.264 e. The predicted molar refractivity (Wildman–Crippen MR) is 172 cm³/mol. The highest BCUT2D eigenvalue weighted by Crippen LogP contribution is 2.36. The lowest BCUT2D eigenvalue weighted by Crippen LogP contribution is -1.89. The maximum absolute atomic E-state index is 4.58. The predicted octanol–water partition coefficient (Wildman–Crippen LogP) is 9.87. The van der Waals surface area contributed by atoms with E-state index in [1.807, 2.05) is 55.2 Å². The van der Waals surface area contributed by atoms with Crippen molar-refractivity contribution in [2.24, 2.45) is 0 Å². The van der Waals surface area contributed by atoms with Gasteiger partial charge in [-0.1, -0.05) is 72.8 Å². The molecular weight excluding hydrogens is 510 g/mol. The highest BCUT2D eigenvalue weighted by Gasteiger charge is 2.11. The van der Waals surface area contributed by atoms with Gasteiger partial charge >= 0.3 is 0 Å². The van der Waals surface area contributed by atoms with Crippen LogP contribution in [0.3, 0.4) is 0 Å². The molecule has 0 radical (unpaired) electrons. The molecule has 42 heavy (non-hydrogen) atoms. The Morgan fingerprint density at radius 3 is 1.12 bits per heavy atom. The molecule has 7 aromatic rings. The minimum Gasteiger partial charge on any atom is -0.264 e. The molecule has 3 heteroatoms. The van der Waals surface area contributed by atoms with Gasteiger partial charge < -0.3 is 0 Å². The van der Waals surface area contributed by atoms with Crippen LogP contribution in [-0.4, -0.2) is 15.0 Å². The Morgan fingerprint density at radius 2 is 0.690 bits per heavy atom. The standard InChI is InChI=1S/C39H27N3/c1-2-19-42-39(16-1)33-13-5-12-32(22-33)38-24-36(30-10-3-8-28(20-30)34-14-6-17-40-26-34)23-37(25-38)31-11-4-9-29(21-31)35-15-7-18-41-27-35/h1-27H. The minimum atomic E-state index is 0.962. The van der Waals surface area contributed by atoms with Gasteiger partial charge in [-0.05, 0) is 105 Å². The molecule has 0 unspecified atom stereocenters. The maximum Gasteiger partial charge on any atom is 0.0702 e. The van der Waals surface area contributed by atoms with E-state index in [4.69, 9.17) is 0 Å². The Hall–Kier alpha value is -5.67. The molecule has 0 spiro atoms. The van der Waals surface area contributed by atoms with E-state index >= 15 is 0 Å². The fourth-order valence-corrected chi connectivity index (χ4v) is 5.34. The van der Waals surface area contributed by atoms with E-state index in [2.05, 4.69) is 124 Å². The lowest BCUT2D eigenvalue weighted by atomic mass is 9.91. The lowest BCUT2D eigenvalue weighted by molar-refractivity contribution is 1.33. The molecule has 0 bridgehead atoms. The summed E-state index contributed by atoms with van der Waals surface area (Å²) >= 11 is 0. The van der Waals surface area contributed by atoms with Gasteiger partial charge in [0.15, 0.2) is 0 Å². The van der Waals surface area contributed by atoms with Crippen molar-refractivity contribution in [3.8, 4) is 66.9 Å². The first-order valence-electron chi connectivity index (χ1n) is 14.0. The number of benzene rings is 4. The molecule has 0 atom stereocenters. The van der Waals surface area contributed by atoms with E-state index in [1.165, 1.54) is 0 Å². The second-order valence-corrected chi connectivity index (χ2v) is 10.2. The van der Waals surface area contributed by atoms with Crippen LogP contribution in [0.2, 0.25) is 0 Å². The normalized spacial score (nSPS) is 10.9. The Morgan fingerprint density at radius 1 is 0.286 bits per heavy atom. The van der Waals surface area contributed by atoms with Gasteiger partial charge in [0.2, 0.25) is 0 Å². The Labute approximate surface area is 245 Å². The molecule has 0 aliphatic carbocycles. The van der Waals surface area contributed by atoms with Crippen LogP contribution in [0.15, 0.2) is 164 Å². The zero-order valence-corrected chi connectivity index (χ0v) is 22.9. The van der Waals surface area contributed by atoms with E-state index < -0.39 is 0 Å². The maximum atomic E-state index is 4.58. The third-order valence-electron chi connectivity index (χ3n) is 7.47. The van der Waals surface area contributed by atoms with Crippen LogP contribution < -0.4 is 0 Å². The Bertz CT molecular complexity index is 1720. The first kappa shape index (κ1) is 25.3. The molecule has 3 aromatic heterocycles. The smallest absolute Gasteiger partial charge is 0.0702 e. The summed E-state index contributed by atoms with van der Waals surface area (Å²) in [5.74, 6) is 0. The third-order valence-corrected chi connectivity index (χ3v) is 7.47. The Balaban J connectivity index is 1.38. The second-order valence-electron chi connectivity index (χ2n) is 10.2. The van der Waals surface area contributed by atoms with Gasteiger partial charge in [-0.3, -0.25) is 15.0 Å². The van der Waals surface area contributed by atoms with Gasteiger partial charge in [-0.15, -0.1) is 0 Å². The average Bonchev–Trinajstić information content (AvgIpc) is 3.09. The topological polar surface area (TPSA) is 38.7 Å². The molecule has 0 amide bonds. The van der Waals surface area contributed by atoms with Gasteiger partial charge in [0.05, 0.1) is 5.69 Å². The zero-order valence-electron chi connectivity index (χ0n) is 22.9. The van der Waals surface area contributed by atoms with Crippen LogP contribution in [0.1, 0.15) is 0 Å². The van der Waals surface area contributed by atoms with E-state index in [0.29, 0.717) is 0 Å². The summed E-state index contributed by atoms with van der Waals surface area (Å²) in [7, 11) is 0. The summed E-state index contributed by atoms with van der Waals surface area (Å²) in [5.41, 5.74) is 13.5. The highest BCUT2D eigenvalue weighted by molar-refractivity contribution is 5.85. The fraction of sp³-hybridized carbons (Fsp3) is 0. The minimum absolute atomic E-state index is 0.962. The van der Waals surface area contributed by atoms with E-state index in [1.54, 1.807) is 0 Å². The van der Waals surface area contributed by atoms with Crippen molar-refractivity contribution in [1.82, 2.24) is 15.0 Å². The van der Waals surface area contributed by atoms with E-state index in [0.717, 1.165) is 66.9 Å². The van der Waals surface area contributed by atoms with Crippen molar-refractivity contribution < 1.29 is 0 Å². The second kappa shape index (κ2) is 11.4. The third kappa shape index (κ3) is 5.36. The van der Waals surface area contributed by atoms with Crippen LogP contribution in [-0.2, 0) is 0 Å². The molecule has 0 saturated carbocycles. The molecule has 3 heterocycles. The molecule has 7 rings (SSSR count). The summed E-state index contributed by atoms with van der Waals surface area (Å²) in [6, 6.07) is 47.0. The van der Waals surface area contributed by atoms with Gasteiger partial charge in [-0.2, -0.15) is 0 Å². The van der Waals surface area contributed by atoms with Crippen LogP contribution in [0.5, 0.6) is 0 Å². The van der Waals surface area contributed by atoms with Crippen molar-refractivity contribution in [1.29, 1.82) is 0 Å². The van der Waals surface area contributed by atoms with Gasteiger partial charge in [-0.25, -0.2) is 0 Å². The van der Waals surface area contributed by atoms with Gasteiger partial charge in [0.25, 0.3) is 0 Å². The number of nitrogens with zero attached hydrogens (tertiary/aromatic N) is 3. The molecule has 198 valence electrons. The van der Waals surface area contributed by atoms with Gasteiger partial charge in [0, 0.05) is 47.7 Å². The lowest BCUT2D eigenvalue weighted by Gasteiger charge is -2.14. The molecule has 3 nitrogen and oxygen atoms in total. The molecule has 0 aliphatic rings. The van der Waals surface area contributed by atoms with Crippen molar-refractivity contribution in [3.63, 3.8) is 0 Å². The highest BCUT2D eigenvalue weighted by atomic mass is 14.7. The SMILES string of the molecule is c1ccc(-c2cccc(-c3cc(-c4cccc(-c5cccnc5)c4)cc(-c4cccc(-c5cccnc5)c4)c3)c2)nc1. The van der Waals surface area contributed by atoms with E-state index in [-0.39, 0.29) is 0 Å². The molecule has 4 aromatic carbocycles. The van der Waals surface area contributed by atoms with Crippen molar-refractivity contribution in [2.75, 3.05) is 0 Å². The van der Waals surface area contributed by atoms with Crippen LogP contribution >= 0.6 is 0 Å². The summed E-state index contributed by atoms with van der Waals surface area (Å²) in [6.07, 6.45) is 9.27. The Kier molecular flexibility index (Phi) is 6.89. The summed E-state index contributed by atoms with van der Waals surface area (Å²) < 4.78 is 0.